The van der Waals surface area contributed by atoms with E-state index in [0.29, 0.717) is 5.56 Å². The molecule has 0 aromatic heterocycles. The summed E-state index contributed by atoms with van der Waals surface area (Å²) in [6.45, 7) is 5.54. The van der Waals surface area contributed by atoms with E-state index in [1.165, 1.54) is 12.1 Å². The van der Waals surface area contributed by atoms with Gasteiger partial charge in [0.2, 0.25) is 0 Å². The number of nitro benzene ring substituents is 1. The van der Waals surface area contributed by atoms with E-state index >= 15 is 0 Å². The smallest absolute Gasteiger partial charge is 0.330 e. The second-order valence-electron chi connectivity index (χ2n) is 5.91. The number of hydrogen-bond acceptors (Lipinski definition) is 5. The van der Waals surface area contributed by atoms with Gasteiger partial charge in [-0.15, -0.1) is 0 Å². The van der Waals surface area contributed by atoms with Crippen molar-refractivity contribution in [3.63, 3.8) is 0 Å². The van der Waals surface area contributed by atoms with Crippen molar-refractivity contribution < 1.29 is 24.4 Å². The molecule has 142 valence electrons. The number of carbonyl (C=O) groups excluding carboxylic acids is 1. The summed E-state index contributed by atoms with van der Waals surface area (Å²) in [7, 11) is 0. The summed E-state index contributed by atoms with van der Waals surface area (Å²) >= 11 is 0. The van der Waals surface area contributed by atoms with Crippen LogP contribution in [-0.2, 0) is 4.79 Å². The van der Waals surface area contributed by atoms with Crippen LogP contribution in [0.5, 0.6) is 5.75 Å². The van der Waals surface area contributed by atoms with Gasteiger partial charge in [0.15, 0.2) is 11.8 Å². The Morgan fingerprint density at radius 3 is 2.56 bits per heavy atom. The molecule has 0 aliphatic carbocycles. The second-order valence-corrected chi connectivity index (χ2v) is 5.91. The summed E-state index contributed by atoms with van der Waals surface area (Å²) in [5, 5.41) is 23.2. The fraction of sp³-hybridized carbons (Fsp3) is 0.263. The van der Waals surface area contributed by atoms with Gasteiger partial charge < -0.3 is 15.2 Å². The topological polar surface area (TPSA) is 119 Å². The van der Waals surface area contributed by atoms with Crippen LogP contribution in [0.2, 0.25) is 0 Å². The maximum atomic E-state index is 12.5. The summed E-state index contributed by atoms with van der Waals surface area (Å²) in [6.07, 6.45) is 0. The number of aliphatic carboxylic acids is 1. The number of nitro groups is 1. The Labute approximate surface area is 155 Å². The van der Waals surface area contributed by atoms with Crippen LogP contribution in [-0.4, -0.2) is 28.5 Å². The van der Waals surface area contributed by atoms with Crippen molar-refractivity contribution in [1.29, 1.82) is 0 Å². The molecule has 1 amide bonds. The van der Waals surface area contributed by atoms with Crippen molar-refractivity contribution in [2.45, 2.75) is 26.8 Å². The molecule has 2 N–H and O–H groups in total. The standard InChI is InChI=1S/C19H20N2O6/c1-4-27-16-9-8-13(10-15(16)21(25)26)18(22)20-17(19(23)24)14-7-5-6-11(2)12(14)3/h5-10,17H,4H2,1-3H3,(H,20,22)(H,23,24). The molecule has 8 nitrogen and oxygen atoms in total. The molecule has 2 aromatic carbocycles. The van der Waals surface area contributed by atoms with Crippen LogP contribution in [0.25, 0.3) is 0 Å². The Morgan fingerprint density at radius 1 is 1.26 bits per heavy atom. The van der Waals surface area contributed by atoms with Crippen molar-refractivity contribution >= 4 is 17.6 Å². The Bertz CT molecular complexity index is 894. The van der Waals surface area contributed by atoms with Crippen LogP contribution in [0.1, 0.15) is 40.0 Å². The van der Waals surface area contributed by atoms with Crippen molar-refractivity contribution in [2.75, 3.05) is 6.61 Å². The van der Waals surface area contributed by atoms with Crippen LogP contribution < -0.4 is 10.1 Å². The Balaban J connectivity index is 2.36. The summed E-state index contributed by atoms with van der Waals surface area (Å²) < 4.78 is 5.18. The van der Waals surface area contributed by atoms with Gasteiger partial charge in [-0.1, -0.05) is 18.2 Å². The van der Waals surface area contributed by atoms with Crippen LogP contribution >= 0.6 is 0 Å². The minimum Gasteiger partial charge on any atom is -0.487 e. The van der Waals surface area contributed by atoms with E-state index in [-0.39, 0.29) is 23.6 Å². The number of amides is 1. The molecule has 0 saturated carbocycles. The van der Waals surface area contributed by atoms with E-state index in [4.69, 9.17) is 4.74 Å². The number of ether oxygens (including phenoxy) is 1. The molecule has 1 atom stereocenters. The van der Waals surface area contributed by atoms with Crippen molar-refractivity contribution in [2.24, 2.45) is 0 Å². The average Bonchev–Trinajstić information content (AvgIpc) is 2.62. The Hall–Kier alpha value is -3.42. The number of carbonyl (C=O) groups is 2. The van der Waals surface area contributed by atoms with E-state index in [0.717, 1.165) is 17.2 Å². The predicted octanol–water partition coefficient (Wildman–Crippen LogP) is 3.17. The lowest BCUT2D eigenvalue weighted by atomic mass is 9.97. The minimum absolute atomic E-state index is 0.0262. The molecule has 2 aromatic rings. The molecule has 0 spiro atoms. The molecule has 0 aliphatic rings. The monoisotopic (exact) mass is 372 g/mol. The van der Waals surface area contributed by atoms with E-state index < -0.39 is 22.8 Å². The van der Waals surface area contributed by atoms with Gasteiger partial charge in [-0.25, -0.2) is 4.79 Å². The molecular formula is C19H20N2O6. The zero-order chi connectivity index (χ0) is 20.1. The maximum absolute atomic E-state index is 12.5. The first-order valence-electron chi connectivity index (χ1n) is 8.27. The number of carboxylic acid groups (broad SMARTS) is 1. The van der Waals surface area contributed by atoms with Crippen LogP contribution in [0.4, 0.5) is 5.69 Å². The summed E-state index contributed by atoms with van der Waals surface area (Å²) in [4.78, 5) is 34.8. The van der Waals surface area contributed by atoms with E-state index in [2.05, 4.69) is 5.32 Å². The SMILES string of the molecule is CCOc1ccc(C(=O)NC(C(=O)O)c2cccc(C)c2C)cc1[N+](=O)[O-]. The molecular weight excluding hydrogens is 352 g/mol. The lowest BCUT2D eigenvalue weighted by Crippen LogP contribution is -2.34. The van der Waals surface area contributed by atoms with E-state index in [1.807, 2.05) is 13.0 Å². The maximum Gasteiger partial charge on any atom is 0.330 e. The van der Waals surface area contributed by atoms with Crippen molar-refractivity contribution in [3.8, 4) is 5.75 Å². The van der Waals surface area contributed by atoms with E-state index in [9.17, 15) is 24.8 Å². The number of rotatable bonds is 7. The number of carboxylic acids is 1. The van der Waals surface area contributed by atoms with Gasteiger partial charge in [0.05, 0.1) is 11.5 Å². The molecule has 1 unspecified atom stereocenters. The Morgan fingerprint density at radius 2 is 1.96 bits per heavy atom. The molecule has 27 heavy (non-hydrogen) atoms. The molecule has 0 heterocycles. The van der Waals surface area contributed by atoms with E-state index in [1.54, 1.807) is 26.0 Å². The highest BCUT2D eigenvalue weighted by Crippen LogP contribution is 2.28. The number of nitrogens with one attached hydrogen (secondary N) is 1. The van der Waals surface area contributed by atoms with Crippen molar-refractivity contribution in [3.05, 3.63) is 68.8 Å². The summed E-state index contributed by atoms with van der Waals surface area (Å²) in [5.41, 5.74) is 1.72. The molecule has 8 heteroatoms. The first kappa shape index (κ1) is 19.9. The number of hydrogen-bond donors (Lipinski definition) is 2. The third-order valence-electron chi connectivity index (χ3n) is 4.20. The third-order valence-corrected chi connectivity index (χ3v) is 4.20. The number of aryl methyl sites for hydroxylation is 1. The fourth-order valence-corrected chi connectivity index (χ4v) is 2.65. The highest BCUT2D eigenvalue weighted by atomic mass is 16.6. The van der Waals surface area contributed by atoms with Crippen LogP contribution in [0.15, 0.2) is 36.4 Å². The highest BCUT2D eigenvalue weighted by Gasteiger charge is 2.26. The average molecular weight is 372 g/mol. The van der Waals surface area contributed by atoms with Crippen LogP contribution in [0.3, 0.4) is 0 Å². The van der Waals surface area contributed by atoms with Crippen LogP contribution in [0, 0.1) is 24.0 Å². The number of nitrogens with zero attached hydrogens (tertiary/aromatic N) is 1. The van der Waals surface area contributed by atoms with Gasteiger partial charge in [0.25, 0.3) is 5.91 Å². The largest absolute Gasteiger partial charge is 0.487 e. The van der Waals surface area contributed by atoms with Gasteiger partial charge in [-0.3, -0.25) is 14.9 Å². The zero-order valence-electron chi connectivity index (χ0n) is 15.2. The van der Waals surface area contributed by atoms with Gasteiger partial charge in [-0.05, 0) is 49.6 Å². The fourth-order valence-electron chi connectivity index (χ4n) is 2.65. The first-order valence-corrected chi connectivity index (χ1v) is 8.27. The Kier molecular flexibility index (Phi) is 6.12. The number of benzene rings is 2. The molecule has 0 fully saturated rings. The zero-order valence-corrected chi connectivity index (χ0v) is 15.2. The molecule has 0 bridgehead atoms. The van der Waals surface area contributed by atoms with Gasteiger partial charge >= 0.3 is 11.7 Å². The molecule has 0 aliphatic heterocycles. The quantitative estimate of drug-likeness (QED) is 0.569. The normalized spacial score (nSPS) is 11.5. The third kappa shape index (κ3) is 4.41. The lowest BCUT2D eigenvalue weighted by Gasteiger charge is -2.18. The van der Waals surface area contributed by atoms with Gasteiger partial charge in [-0.2, -0.15) is 0 Å². The lowest BCUT2D eigenvalue weighted by molar-refractivity contribution is -0.385. The first-order chi connectivity index (χ1) is 12.8. The predicted molar refractivity (Wildman–Crippen MR) is 98.0 cm³/mol. The minimum atomic E-state index is -1.27. The molecule has 2 rings (SSSR count). The molecule has 0 saturated heterocycles. The molecule has 0 radical (unpaired) electrons. The van der Waals surface area contributed by atoms with Gasteiger partial charge in [0, 0.05) is 11.6 Å². The second kappa shape index (κ2) is 8.31. The van der Waals surface area contributed by atoms with Crippen molar-refractivity contribution in [1.82, 2.24) is 5.32 Å². The summed E-state index contributed by atoms with van der Waals surface area (Å²) in [5.74, 6) is -1.91. The van der Waals surface area contributed by atoms with Gasteiger partial charge in [0.1, 0.15) is 0 Å². The summed E-state index contributed by atoms with van der Waals surface area (Å²) in [6, 6.07) is 7.66. The highest BCUT2D eigenvalue weighted by molar-refractivity contribution is 5.97.